The molecule has 5 heteroatoms. The third-order valence-corrected chi connectivity index (χ3v) is 5.46. The molecule has 3 aromatic carbocycles. The average Bonchev–Trinajstić information content (AvgIpc) is 3.34. The smallest absolute Gasteiger partial charge is 0.138 e. The Bertz CT molecular complexity index is 1140. The summed E-state index contributed by atoms with van der Waals surface area (Å²) in [5.41, 5.74) is 6.23. The lowest BCUT2D eigenvalue weighted by Gasteiger charge is -2.25. The fraction of sp³-hybridized carbons (Fsp3) is 0.160. The van der Waals surface area contributed by atoms with Crippen LogP contribution in [0.2, 0.25) is 0 Å². The van der Waals surface area contributed by atoms with Crippen molar-refractivity contribution in [1.82, 2.24) is 19.7 Å². The van der Waals surface area contributed by atoms with E-state index in [1.165, 1.54) is 17.5 Å². The number of rotatable bonds is 6. The van der Waals surface area contributed by atoms with Gasteiger partial charge in [0.1, 0.15) is 12.7 Å². The first-order valence-corrected chi connectivity index (χ1v) is 9.89. The first-order chi connectivity index (χ1) is 14.7. The minimum Gasteiger partial charge on any atom is -0.295 e. The van der Waals surface area contributed by atoms with E-state index in [1.807, 2.05) is 24.3 Å². The molecule has 0 bridgehead atoms. The zero-order valence-electron chi connectivity index (χ0n) is 17.1. The summed E-state index contributed by atoms with van der Waals surface area (Å²) in [4.78, 5) is 6.32. The molecule has 0 fully saturated rings. The maximum absolute atomic E-state index is 9.33. The molecular formula is C25H23N5. The number of aromatic nitrogens is 3. The SMILES string of the molecule is CC(c1ccc(-n2cncn2)cc1)N(C)Cc1ccc(-c2ccccc2C#N)cc1. The molecule has 1 atom stereocenters. The van der Waals surface area contributed by atoms with Gasteiger partial charge in [0.05, 0.1) is 17.3 Å². The zero-order chi connectivity index (χ0) is 20.9. The molecule has 0 spiro atoms. The van der Waals surface area contributed by atoms with E-state index in [0.717, 1.165) is 23.4 Å². The minimum atomic E-state index is 0.272. The van der Waals surface area contributed by atoms with Crippen molar-refractivity contribution in [1.29, 1.82) is 5.26 Å². The summed E-state index contributed by atoms with van der Waals surface area (Å²) in [5, 5.41) is 13.5. The zero-order valence-corrected chi connectivity index (χ0v) is 17.1. The maximum atomic E-state index is 9.33. The molecule has 0 N–H and O–H groups in total. The van der Waals surface area contributed by atoms with E-state index in [-0.39, 0.29) is 6.04 Å². The number of nitrogens with zero attached hydrogens (tertiary/aromatic N) is 5. The van der Waals surface area contributed by atoms with E-state index >= 15 is 0 Å². The molecule has 4 rings (SSSR count). The van der Waals surface area contributed by atoms with Crippen LogP contribution in [0.5, 0.6) is 0 Å². The highest BCUT2D eigenvalue weighted by molar-refractivity contribution is 5.70. The highest BCUT2D eigenvalue weighted by Gasteiger charge is 2.13. The highest BCUT2D eigenvalue weighted by atomic mass is 15.3. The predicted octanol–water partition coefficient (Wildman–Crippen LogP) is 5.00. The van der Waals surface area contributed by atoms with Crippen LogP contribution in [0.25, 0.3) is 16.8 Å². The Kier molecular flexibility index (Phi) is 5.69. The van der Waals surface area contributed by atoms with Gasteiger partial charge in [-0.25, -0.2) is 9.67 Å². The van der Waals surface area contributed by atoms with Crippen LogP contribution in [-0.2, 0) is 6.54 Å². The van der Waals surface area contributed by atoms with Crippen LogP contribution in [0, 0.1) is 11.3 Å². The molecule has 0 radical (unpaired) electrons. The fourth-order valence-corrected chi connectivity index (χ4v) is 3.55. The predicted molar refractivity (Wildman–Crippen MR) is 118 cm³/mol. The summed E-state index contributed by atoms with van der Waals surface area (Å²) in [6.07, 6.45) is 3.23. The lowest BCUT2D eigenvalue weighted by atomic mass is 9.99. The molecule has 0 aliphatic rings. The summed E-state index contributed by atoms with van der Waals surface area (Å²) in [6.45, 7) is 3.05. The van der Waals surface area contributed by atoms with Crippen molar-refractivity contribution < 1.29 is 0 Å². The summed E-state index contributed by atoms with van der Waals surface area (Å²) in [7, 11) is 2.13. The van der Waals surface area contributed by atoms with Crippen LogP contribution in [0.3, 0.4) is 0 Å². The van der Waals surface area contributed by atoms with Gasteiger partial charge in [-0.3, -0.25) is 4.90 Å². The molecule has 0 saturated heterocycles. The Morgan fingerprint density at radius 2 is 1.73 bits per heavy atom. The van der Waals surface area contributed by atoms with E-state index < -0.39 is 0 Å². The van der Waals surface area contributed by atoms with Gasteiger partial charge in [0.25, 0.3) is 0 Å². The third kappa shape index (κ3) is 4.14. The fourth-order valence-electron chi connectivity index (χ4n) is 3.55. The Morgan fingerprint density at radius 3 is 2.40 bits per heavy atom. The van der Waals surface area contributed by atoms with Gasteiger partial charge in [-0.1, -0.05) is 54.6 Å². The van der Waals surface area contributed by atoms with Gasteiger partial charge in [0, 0.05) is 12.6 Å². The normalized spacial score (nSPS) is 11.9. The number of hydrogen-bond donors (Lipinski definition) is 0. The Balaban J connectivity index is 1.44. The molecule has 30 heavy (non-hydrogen) atoms. The molecular weight excluding hydrogens is 370 g/mol. The molecule has 5 nitrogen and oxygen atoms in total. The average molecular weight is 393 g/mol. The van der Waals surface area contributed by atoms with E-state index in [9.17, 15) is 5.26 Å². The van der Waals surface area contributed by atoms with E-state index in [0.29, 0.717) is 5.56 Å². The standard InChI is InChI=1S/C25H23N5/c1-19(21-11-13-24(14-12-21)30-18-27-17-28-30)29(2)16-20-7-9-22(10-8-20)25-6-4-3-5-23(25)15-26/h3-14,17-19H,16H2,1-2H3. The van der Waals surface area contributed by atoms with E-state index in [1.54, 1.807) is 11.0 Å². The Labute approximate surface area is 176 Å². The summed E-state index contributed by atoms with van der Waals surface area (Å²) in [6, 6.07) is 27.1. The second-order valence-corrected chi connectivity index (χ2v) is 7.38. The van der Waals surface area contributed by atoms with Gasteiger partial charge in [0.2, 0.25) is 0 Å². The highest BCUT2D eigenvalue weighted by Crippen LogP contribution is 2.25. The molecule has 0 amide bonds. The van der Waals surface area contributed by atoms with E-state index in [2.05, 4.69) is 83.6 Å². The first-order valence-electron chi connectivity index (χ1n) is 9.89. The summed E-state index contributed by atoms with van der Waals surface area (Å²) >= 11 is 0. The molecule has 1 unspecified atom stereocenters. The molecule has 4 aromatic rings. The third-order valence-electron chi connectivity index (χ3n) is 5.46. The minimum absolute atomic E-state index is 0.272. The second-order valence-electron chi connectivity index (χ2n) is 7.38. The van der Waals surface area contributed by atoms with Gasteiger partial charge in [0.15, 0.2) is 0 Å². The molecule has 148 valence electrons. The van der Waals surface area contributed by atoms with Gasteiger partial charge in [-0.2, -0.15) is 10.4 Å². The molecule has 0 aliphatic heterocycles. The molecule has 1 aromatic heterocycles. The lowest BCUT2D eigenvalue weighted by Crippen LogP contribution is -2.21. The van der Waals surface area contributed by atoms with Crippen LogP contribution in [-0.4, -0.2) is 26.7 Å². The van der Waals surface area contributed by atoms with Crippen LogP contribution in [0.4, 0.5) is 0 Å². The molecule has 0 saturated carbocycles. The van der Waals surface area contributed by atoms with Crippen LogP contribution in [0.1, 0.15) is 29.7 Å². The largest absolute Gasteiger partial charge is 0.295 e. The van der Waals surface area contributed by atoms with Crippen molar-refractivity contribution in [3.05, 3.63) is 102 Å². The van der Waals surface area contributed by atoms with Gasteiger partial charge < -0.3 is 0 Å². The van der Waals surface area contributed by atoms with Crippen molar-refractivity contribution in [2.24, 2.45) is 0 Å². The van der Waals surface area contributed by atoms with Crippen molar-refractivity contribution in [3.8, 4) is 22.9 Å². The van der Waals surface area contributed by atoms with Crippen LogP contribution >= 0.6 is 0 Å². The lowest BCUT2D eigenvalue weighted by molar-refractivity contribution is 0.253. The monoisotopic (exact) mass is 393 g/mol. The number of benzene rings is 3. The quantitative estimate of drug-likeness (QED) is 0.463. The Morgan fingerprint density at radius 1 is 1.00 bits per heavy atom. The van der Waals surface area contributed by atoms with Crippen LogP contribution < -0.4 is 0 Å². The van der Waals surface area contributed by atoms with Crippen molar-refractivity contribution >= 4 is 0 Å². The van der Waals surface area contributed by atoms with Gasteiger partial charge >= 0.3 is 0 Å². The Hall–Kier alpha value is -3.75. The maximum Gasteiger partial charge on any atom is 0.138 e. The summed E-state index contributed by atoms with van der Waals surface area (Å²) < 4.78 is 1.75. The number of hydrogen-bond acceptors (Lipinski definition) is 4. The second kappa shape index (κ2) is 8.73. The van der Waals surface area contributed by atoms with Crippen molar-refractivity contribution in [2.45, 2.75) is 19.5 Å². The van der Waals surface area contributed by atoms with Gasteiger partial charge in [-0.05, 0) is 54.4 Å². The van der Waals surface area contributed by atoms with Crippen LogP contribution in [0.15, 0.2) is 85.5 Å². The summed E-state index contributed by atoms with van der Waals surface area (Å²) in [5.74, 6) is 0. The molecule has 0 aliphatic carbocycles. The van der Waals surface area contributed by atoms with Crippen molar-refractivity contribution in [2.75, 3.05) is 7.05 Å². The van der Waals surface area contributed by atoms with Crippen molar-refractivity contribution in [3.63, 3.8) is 0 Å². The molecule has 1 heterocycles. The number of nitriles is 1. The van der Waals surface area contributed by atoms with E-state index in [4.69, 9.17) is 0 Å². The first kappa shape index (κ1) is 19.6. The van der Waals surface area contributed by atoms with Gasteiger partial charge in [-0.15, -0.1) is 0 Å². The topological polar surface area (TPSA) is 57.7 Å².